The van der Waals surface area contributed by atoms with Gasteiger partial charge in [0.15, 0.2) is 0 Å². The van der Waals surface area contributed by atoms with Crippen molar-refractivity contribution in [3.8, 4) is 17.2 Å². The van der Waals surface area contributed by atoms with Gasteiger partial charge in [0.2, 0.25) is 5.91 Å². The van der Waals surface area contributed by atoms with Crippen LogP contribution in [0.2, 0.25) is 0 Å². The fourth-order valence-corrected chi connectivity index (χ4v) is 2.26. The molecule has 2 aromatic heterocycles. The molecule has 3 rings (SSSR count). The van der Waals surface area contributed by atoms with E-state index in [0.717, 1.165) is 27.7 Å². The molecule has 5 heteroatoms. The Morgan fingerprint density at radius 1 is 1.32 bits per heavy atom. The zero-order valence-corrected chi connectivity index (χ0v) is 11.6. The average Bonchev–Trinajstić information content (AvgIpc) is 2.95. The van der Waals surface area contributed by atoms with Crippen LogP contribution in [0.3, 0.4) is 0 Å². The molecule has 106 valence electrons. The summed E-state index contributed by atoms with van der Waals surface area (Å²) in [7, 11) is 0. The third kappa shape index (κ3) is 2.58. The summed E-state index contributed by atoms with van der Waals surface area (Å²) in [5, 5.41) is 9.88. The number of primary amides is 1. The van der Waals surface area contributed by atoms with Gasteiger partial charge in [0.1, 0.15) is 5.65 Å². The molecule has 0 radical (unpaired) electrons. The summed E-state index contributed by atoms with van der Waals surface area (Å²) in [6.45, 7) is 0. The first-order valence-corrected chi connectivity index (χ1v) is 6.62. The number of nitrogens with one attached hydrogen (secondary N) is 1. The molecule has 3 N–H and O–H groups in total. The lowest BCUT2D eigenvalue weighted by Gasteiger charge is -2.02. The lowest BCUT2D eigenvalue weighted by molar-refractivity contribution is -0.113. The summed E-state index contributed by atoms with van der Waals surface area (Å²) in [6, 6.07) is 11.4. The number of fused-ring (bicyclic) bond motifs is 1. The summed E-state index contributed by atoms with van der Waals surface area (Å²) < 4.78 is 0. The van der Waals surface area contributed by atoms with Crippen molar-refractivity contribution in [2.45, 2.75) is 0 Å². The smallest absolute Gasteiger partial charge is 0.241 e. The van der Waals surface area contributed by atoms with E-state index in [1.807, 2.05) is 24.3 Å². The molecule has 2 heterocycles. The van der Waals surface area contributed by atoms with Gasteiger partial charge in [-0.1, -0.05) is 12.1 Å². The number of aromatic nitrogens is 2. The predicted molar refractivity (Wildman–Crippen MR) is 84.5 cm³/mol. The molecule has 1 aromatic carbocycles. The molecular formula is C17H12N4O. The van der Waals surface area contributed by atoms with E-state index in [-0.39, 0.29) is 0 Å². The van der Waals surface area contributed by atoms with Gasteiger partial charge in [-0.05, 0) is 29.8 Å². The number of H-pyrrole nitrogens is 1. The molecule has 0 fully saturated rings. The Hall–Kier alpha value is -3.39. The van der Waals surface area contributed by atoms with Gasteiger partial charge in [-0.25, -0.2) is 4.98 Å². The number of nitriles is 1. The van der Waals surface area contributed by atoms with Crippen LogP contribution in [0.4, 0.5) is 0 Å². The van der Waals surface area contributed by atoms with Crippen LogP contribution in [-0.4, -0.2) is 15.9 Å². The van der Waals surface area contributed by atoms with Crippen molar-refractivity contribution in [2.24, 2.45) is 5.73 Å². The van der Waals surface area contributed by atoms with Gasteiger partial charge in [0.05, 0.1) is 11.6 Å². The number of pyridine rings is 1. The SMILES string of the molecule is N#Cc1cccc(-c2cnc3[nH]cc(C=CC(N)=O)c3c2)c1. The molecule has 0 spiro atoms. The first-order chi connectivity index (χ1) is 10.7. The van der Waals surface area contributed by atoms with E-state index < -0.39 is 5.91 Å². The number of carbonyl (C=O) groups excluding carboxylic acids is 1. The number of hydrogen-bond donors (Lipinski definition) is 2. The van der Waals surface area contributed by atoms with Crippen LogP contribution in [0.25, 0.3) is 28.2 Å². The molecule has 0 aliphatic heterocycles. The molecule has 0 unspecified atom stereocenters. The van der Waals surface area contributed by atoms with E-state index in [4.69, 9.17) is 11.0 Å². The third-order valence-electron chi connectivity index (χ3n) is 3.32. The second kappa shape index (κ2) is 5.54. The largest absolute Gasteiger partial charge is 0.366 e. The van der Waals surface area contributed by atoms with E-state index in [1.54, 1.807) is 24.5 Å². The van der Waals surface area contributed by atoms with Crippen molar-refractivity contribution in [3.05, 3.63) is 59.9 Å². The number of hydrogen-bond acceptors (Lipinski definition) is 3. The zero-order chi connectivity index (χ0) is 15.5. The van der Waals surface area contributed by atoms with Crippen molar-refractivity contribution >= 4 is 23.0 Å². The lowest BCUT2D eigenvalue weighted by Crippen LogP contribution is -2.04. The summed E-state index contributed by atoms with van der Waals surface area (Å²) in [5.41, 5.74) is 9.10. The summed E-state index contributed by atoms with van der Waals surface area (Å²) in [4.78, 5) is 18.3. The number of rotatable bonds is 3. The van der Waals surface area contributed by atoms with E-state index in [9.17, 15) is 4.79 Å². The standard InChI is InChI=1S/C17H12N4O/c18-8-11-2-1-3-12(6-11)14-7-15-13(4-5-16(19)22)9-20-17(15)21-10-14/h1-7,9-10H,(H2,19,22)(H,20,21). The first kappa shape index (κ1) is 13.6. The van der Waals surface area contributed by atoms with E-state index in [2.05, 4.69) is 16.0 Å². The van der Waals surface area contributed by atoms with E-state index in [0.29, 0.717) is 5.56 Å². The molecule has 0 saturated heterocycles. The van der Waals surface area contributed by atoms with E-state index in [1.165, 1.54) is 6.08 Å². The van der Waals surface area contributed by atoms with Gasteiger partial charge >= 0.3 is 0 Å². The van der Waals surface area contributed by atoms with E-state index >= 15 is 0 Å². The van der Waals surface area contributed by atoms with Crippen molar-refractivity contribution < 1.29 is 4.79 Å². The third-order valence-corrected chi connectivity index (χ3v) is 3.32. The second-order valence-electron chi connectivity index (χ2n) is 4.79. The molecule has 0 aliphatic carbocycles. The highest BCUT2D eigenvalue weighted by Gasteiger charge is 2.06. The number of nitrogens with zero attached hydrogens (tertiary/aromatic N) is 2. The molecule has 0 saturated carbocycles. The van der Waals surface area contributed by atoms with Crippen molar-refractivity contribution in [3.63, 3.8) is 0 Å². The minimum absolute atomic E-state index is 0.500. The highest BCUT2D eigenvalue weighted by atomic mass is 16.1. The Bertz CT molecular complexity index is 931. The fraction of sp³-hybridized carbons (Fsp3) is 0. The maximum Gasteiger partial charge on any atom is 0.241 e. The maximum absolute atomic E-state index is 10.9. The van der Waals surface area contributed by atoms with Gasteiger partial charge in [0, 0.05) is 35.0 Å². The highest BCUT2D eigenvalue weighted by molar-refractivity contribution is 5.95. The molecule has 0 bridgehead atoms. The second-order valence-corrected chi connectivity index (χ2v) is 4.79. The number of benzene rings is 1. The van der Waals surface area contributed by atoms with Crippen molar-refractivity contribution in [2.75, 3.05) is 0 Å². The summed E-state index contributed by atoms with van der Waals surface area (Å²) in [5.74, 6) is -0.500. The number of aromatic amines is 1. The van der Waals surface area contributed by atoms with Gasteiger partial charge < -0.3 is 10.7 Å². The Morgan fingerprint density at radius 3 is 2.95 bits per heavy atom. The molecule has 0 atom stereocenters. The fourth-order valence-electron chi connectivity index (χ4n) is 2.26. The normalized spacial score (nSPS) is 10.9. The maximum atomic E-state index is 10.9. The number of nitrogens with two attached hydrogens (primary N) is 1. The van der Waals surface area contributed by atoms with Crippen LogP contribution in [0.15, 0.2) is 48.8 Å². The number of amides is 1. The monoisotopic (exact) mass is 288 g/mol. The molecule has 0 aliphatic rings. The van der Waals surface area contributed by atoms with Crippen LogP contribution in [-0.2, 0) is 4.79 Å². The van der Waals surface area contributed by atoms with Crippen LogP contribution in [0, 0.1) is 11.3 Å². The van der Waals surface area contributed by atoms with Gasteiger partial charge in [-0.2, -0.15) is 5.26 Å². The van der Waals surface area contributed by atoms with Crippen LogP contribution < -0.4 is 5.73 Å². The van der Waals surface area contributed by atoms with Gasteiger partial charge in [-0.15, -0.1) is 0 Å². The van der Waals surface area contributed by atoms with Gasteiger partial charge in [0.25, 0.3) is 0 Å². The Labute approximate surface area is 126 Å². The average molecular weight is 288 g/mol. The molecule has 22 heavy (non-hydrogen) atoms. The molecule has 1 amide bonds. The quantitative estimate of drug-likeness (QED) is 0.725. The zero-order valence-electron chi connectivity index (χ0n) is 11.6. The van der Waals surface area contributed by atoms with Crippen LogP contribution in [0.1, 0.15) is 11.1 Å². The van der Waals surface area contributed by atoms with Crippen LogP contribution in [0.5, 0.6) is 0 Å². The first-order valence-electron chi connectivity index (χ1n) is 6.62. The molecular weight excluding hydrogens is 276 g/mol. The Balaban J connectivity index is 2.10. The topological polar surface area (TPSA) is 95.6 Å². The minimum Gasteiger partial charge on any atom is -0.366 e. The van der Waals surface area contributed by atoms with Crippen molar-refractivity contribution in [1.29, 1.82) is 5.26 Å². The van der Waals surface area contributed by atoms with Crippen LogP contribution >= 0.6 is 0 Å². The lowest BCUT2D eigenvalue weighted by atomic mass is 10.0. The predicted octanol–water partition coefficient (Wildman–Crippen LogP) is 2.60. The molecule has 3 aromatic rings. The Morgan fingerprint density at radius 2 is 2.18 bits per heavy atom. The number of carbonyl (C=O) groups is 1. The summed E-state index contributed by atoms with van der Waals surface area (Å²) >= 11 is 0. The molecule has 5 nitrogen and oxygen atoms in total. The summed E-state index contributed by atoms with van der Waals surface area (Å²) in [6.07, 6.45) is 6.48. The highest BCUT2D eigenvalue weighted by Crippen LogP contribution is 2.25. The van der Waals surface area contributed by atoms with Gasteiger partial charge in [-0.3, -0.25) is 4.79 Å². The Kier molecular flexibility index (Phi) is 3.42. The minimum atomic E-state index is -0.500. The van der Waals surface area contributed by atoms with Crippen molar-refractivity contribution in [1.82, 2.24) is 9.97 Å².